The minimum absolute atomic E-state index is 0.0897. The SMILES string of the molecule is O=C1CNCc2cccnc21. The number of nitrogens with zero attached hydrogens (tertiary/aromatic N) is 1. The Morgan fingerprint density at radius 3 is 3.18 bits per heavy atom. The van der Waals surface area contributed by atoms with Gasteiger partial charge < -0.3 is 5.32 Å². The van der Waals surface area contributed by atoms with Crippen molar-refractivity contribution in [3.8, 4) is 0 Å². The molecule has 1 aromatic heterocycles. The molecular formula is C8H8N2O. The number of ketones is 1. The van der Waals surface area contributed by atoms with Crippen molar-refractivity contribution in [1.29, 1.82) is 0 Å². The number of hydrogen-bond acceptors (Lipinski definition) is 3. The Balaban J connectivity index is 2.52. The van der Waals surface area contributed by atoms with Gasteiger partial charge in [-0.15, -0.1) is 0 Å². The zero-order valence-electron chi connectivity index (χ0n) is 6.00. The second kappa shape index (κ2) is 2.43. The van der Waals surface area contributed by atoms with Gasteiger partial charge in [0.25, 0.3) is 0 Å². The second-order valence-electron chi connectivity index (χ2n) is 2.54. The molecule has 3 nitrogen and oxygen atoms in total. The lowest BCUT2D eigenvalue weighted by Gasteiger charge is -2.13. The van der Waals surface area contributed by atoms with Crippen molar-refractivity contribution < 1.29 is 4.79 Å². The molecule has 0 spiro atoms. The van der Waals surface area contributed by atoms with Crippen molar-refractivity contribution >= 4 is 5.78 Å². The highest BCUT2D eigenvalue weighted by Gasteiger charge is 2.16. The van der Waals surface area contributed by atoms with Crippen molar-refractivity contribution in [3.05, 3.63) is 29.6 Å². The molecule has 1 aromatic rings. The predicted molar refractivity (Wildman–Crippen MR) is 40.3 cm³/mol. The zero-order valence-corrected chi connectivity index (χ0v) is 6.00. The van der Waals surface area contributed by atoms with Gasteiger partial charge in [-0.2, -0.15) is 0 Å². The Hall–Kier alpha value is -1.22. The van der Waals surface area contributed by atoms with Gasteiger partial charge in [-0.3, -0.25) is 9.78 Å². The van der Waals surface area contributed by atoms with Gasteiger partial charge in [-0.1, -0.05) is 6.07 Å². The highest BCUT2D eigenvalue weighted by atomic mass is 16.1. The fourth-order valence-electron chi connectivity index (χ4n) is 1.23. The first-order valence-corrected chi connectivity index (χ1v) is 3.56. The Labute approximate surface area is 64.5 Å². The average molecular weight is 148 g/mol. The third-order valence-corrected chi connectivity index (χ3v) is 1.76. The maximum atomic E-state index is 11.2. The van der Waals surface area contributed by atoms with E-state index in [2.05, 4.69) is 10.3 Å². The Morgan fingerprint density at radius 2 is 2.36 bits per heavy atom. The lowest BCUT2D eigenvalue weighted by Crippen LogP contribution is -2.30. The van der Waals surface area contributed by atoms with Crippen LogP contribution in [0.3, 0.4) is 0 Å². The van der Waals surface area contributed by atoms with E-state index in [-0.39, 0.29) is 5.78 Å². The molecule has 3 heteroatoms. The van der Waals surface area contributed by atoms with Gasteiger partial charge in [0.15, 0.2) is 5.78 Å². The molecule has 0 aromatic carbocycles. The number of nitrogens with one attached hydrogen (secondary N) is 1. The Bertz CT molecular complexity index is 296. The Morgan fingerprint density at radius 1 is 1.45 bits per heavy atom. The van der Waals surface area contributed by atoms with Crippen LogP contribution < -0.4 is 5.32 Å². The van der Waals surface area contributed by atoms with E-state index in [1.54, 1.807) is 6.20 Å². The molecule has 11 heavy (non-hydrogen) atoms. The normalized spacial score (nSPS) is 16.2. The van der Waals surface area contributed by atoms with E-state index in [4.69, 9.17) is 0 Å². The summed E-state index contributed by atoms with van der Waals surface area (Å²) in [6, 6.07) is 3.77. The summed E-state index contributed by atoms with van der Waals surface area (Å²) in [5.41, 5.74) is 1.63. The van der Waals surface area contributed by atoms with Crippen LogP contribution in [0, 0.1) is 0 Å². The zero-order chi connectivity index (χ0) is 7.68. The third kappa shape index (κ3) is 1.03. The van der Waals surface area contributed by atoms with Gasteiger partial charge >= 0.3 is 0 Å². The number of carbonyl (C=O) groups excluding carboxylic acids is 1. The molecular weight excluding hydrogens is 140 g/mol. The van der Waals surface area contributed by atoms with Crippen LogP contribution in [-0.4, -0.2) is 17.3 Å². The van der Waals surface area contributed by atoms with Crippen LogP contribution in [0.1, 0.15) is 16.1 Å². The maximum absolute atomic E-state index is 11.2. The molecule has 1 N–H and O–H groups in total. The first kappa shape index (κ1) is 6.49. The van der Waals surface area contributed by atoms with Crippen molar-refractivity contribution in [2.45, 2.75) is 6.54 Å². The number of fused-ring (bicyclic) bond motifs is 1. The quantitative estimate of drug-likeness (QED) is 0.578. The van der Waals surface area contributed by atoms with E-state index in [0.29, 0.717) is 12.2 Å². The van der Waals surface area contributed by atoms with E-state index < -0.39 is 0 Å². The highest BCUT2D eigenvalue weighted by molar-refractivity contribution is 5.97. The monoisotopic (exact) mass is 148 g/mol. The van der Waals surface area contributed by atoms with E-state index in [1.807, 2.05) is 12.1 Å². The molecule has 0 saturated carbocycles. The third-order valence-electron chi connectivity index (χ3n) is 1.76. The minimum Gasteiger partial charge on any atom is -0.305 e. The Kier molecular flexibility index (Phi) is 1.43. The fourth-order valence-corrected chi connectivity index (χ4v) is 1.23. The number of hydrogen-bond donors (Lipinski definition) is 1. The van der Waals surface area contributed by atoms with E-state index in [0.717, 1.165) is 12.1 Å². The second-order valence-corrected chi connectivity index (χ2v) is 2.54. The summed E-state index contributed by atoms with van der Waals surface area (Å²) in [4.78, 5) is 15.2. The van der Waals surface area contributed by atoms with Crippen LogP contribution in [0.5, 0.6) is 0 Å². The minimum atomic E-state index is 0.0897. The summed E-state index contributed by atoms with van der Waals surface area (Å²) in [5.74, 6) is 0.0897. The summed E-state index contributed by atoms with van der Waals surface area (Å²) in [6.07, 6.45) is 1.65. The molecule has 0 unspecified atom stereocenters. The molecule has 0 radical (unpaired) electrons. The number of Topliss-reactive ketones (excluding diaryl/α,β-unsaturated/α-hetero) is 1. The van der Waals surface area contributed by atoms with Gasteiger partial charge in [-0.25, -0.2) is 0 Å². The van der Waals surface area contributed by atoms with E-state index in [9.17, 15) is 4.79 Å². The summed E-state index contributed by atoms with van der Waals surface area (Å²) in [7, 11) is 0. The van der Waals surface area contributed by atoms with Gasteiger partial charge in [-0.05, 0) is 11.6 Å². The lowest BCUT2D eigenvalue weighted by atomic mass is 10.1. The van der Waals surface area contributed by atoms with Crippen LogP contribution in [0.2, 0.25) is 0 Å². The summed E-state index contributed by atoms with van der Waals surface area (Å²) in [6.45, 7) is 1.18. The summed E-state index contributed by atoms with van der Waals surface area (Å²) < 4.78 is 0. The standard InChI is InChI=1S/C8H8N2O/c11-7-5-9-4-6-2-1-3-10-8(6)7/h1-3,9H,4-5H2. The van der Waals surface area contributed by atoms with Crippen LogP contribution in [-0.2, 0) is 6.54 Å². The van der Waals surface area contributed by atoms with Crippen molar-refractivity contribution in [1.82, 2.24) is 10.3 Å². The smallest absolute Gasteiger partial charge is 0.195 e. The molecule has 2 heterocycles. The number of aromatic nitrogens is 1. The fraction of sp³-hybridized carbons (Fsp3) is 0.250. The van der Waals surface area contributed by atoms with Gasteiger partial charge in [0.05, 0.1) is 6.54 Å². The molecule has 1 aliphatic rings. The first-order valence-electron chi connectivity index (χ1n) is 3.56. The largest absolute Gasteiger partial charge is 0.305 e. The van der Waals surface area contributed by atoms with Gasteiger partial charge in [0.1, 0.15) is 5.69 Å². The number of pyridine rings is 1. The average Bonchev–Trinajstić information content (AvgIpc) is 2.06. The molecule has 2 rings (SSSR count). The maximum Gasteiger partial charge on any atom is 0.195 e. The first-order chi connectivity index (χ1) is 5.38. The number of carbonyl (C=O) groups is 1. The van der Waals surface area contributed by atoms with Crippen molar-refractivity contribution in [3.63, 3.8) is 0 Å². The lowest BCUT2D eigenvalue weighted by molar-refractivity contribution is 0.0977. The molecule has 0 bridgehead atoms. The molecule has 0 atom stereocenters. The van der Waals surface area contributed by atoms with E-state index in [1.165, 1.54) is 0 Å². The van der Waals surface area contributed by atoms with Crippen molar-refractivity contribution in [2.24, 2.45) is 0 Å². The molecule has 1 aliphatic heterocycles. The highest BCUT2D eigenvalue weighted by Crippen LogP contribution is 2.08. The van der Waals surface area contributed by atoms with Crippen LogP contribution in [0.15, 0.2) is 18.3 Å². The summed E-state index contributed by atoms with van der Waals surface area (Å²) >= 11 is 0. The van der Waals surface area contributed by atoms with Crippen LogP contribution in [0.25, 0.3) is 0 Å². The van der Waals surface area contributed by atoms with Crippen LogP contribution >= 0.6 is 0 Å². The van der Waals surface area contributed by atoms with Gasteiger partial charge in [0.2, 0.25) is 0 Å². The molecule has 0 amide bonds. The molecule has 0 aliphatic carbocycles. The summed E-state index contributed by atoms with van der Waals surface area (Å²) in [5, 5.41) is 3.00. The molecule has 56 valence electrons. The van der Waals surface area contributed by atoms with E-state index >= 15 is 0 Å². The van der Waals surface area contributed by atoms with Gasteiger partial charge in [0, 0.05) is 12.7 Å². The topological polar surface area (TPSA) is 42.0 Å². The molecule has 0 fully saturated rings. The predicted octanol–water partition coefficient (Wildman–Crippen LogP) is 0.367. The number of rotatable bonds is 0. The van der Waals surface area contributed by atoms with Crippen molar-refractivity contribution in [2.75, 3.05) is 6.54 Å². The molecule has 0 saturated heterocycles. The van der Waals surface area contributed by atoms with Crippen LogP contribution in [0.4, 0.5) is 0 Å².